The molecular formula is C58H39NS. The zero-order valence-electron chi connectivity index (χ0n) is 32.9. The van der Waals surface area contributed by atoms with E-state index in [-0.39, 0.29) is 0 Å². The highest BCUT2D eigenvalue weighted by atomic mass is 32.1. The topological polar surface area (TPSA) is 3.24 Å². The molecule has 0 spiro atoms. The van der Waals surface area contributed by atoms with E-state index in [0.29, 0.717) is 0 Å². The van der Waals surface area contributed by atoms with E-state index in [1.165, 1.54) is 92.3 Å². The lowest BCUT2D eigenvalue weighted by molar-refractivity contribution is 1.30. The van der Waals surface area contributed by atoms with E-state index in [1.54, 1.807) is 0 Å². The Balaban J connectivity index is 1.07. The first-order valence-corrected chi connectivity index (χ1v) is 21.3. The summed E-state index contributed by atoms with van der Waals surface area (Å²) in [6.45, 7) is 0. The van der Waals surface area contributed by atoms with Gasteiger partial charge in [0.05, 0.1) is 10.4 Å². The molecule has 2 heteroatoms. The molecule has 0 aliphatic rings. The summed E-state index contributed by atoms with van der Waals surface area (Å²) in [4.78, 5) is 2.45. The largest absolute Gasteiger partial charge is 0.309 e. The third kappa shape index (κ3) is 6.35. The highest BCUT2D eigenvalue weighted by molar-refractivity contribution is 7.26. The summed E-state index contributed by atoms with van der Waals surface area (Å²) in [5.74, 6) is 0. The highest BCUT2D eigenvalue weighted by Gasteiger charge is 2.20. The molecule has 0 bridgehead atoms. The van der Waals surface area contributed by atoms with Gasteiger partial charge in [0.1, 0.15) is 0 Å². The first-order valence-electron chi connectivity index (χ1n) is 20.5. The molecule has 0 unspecified atom stereocenters. The Morgan fingerprint density at radius 1 is 0.300 bits per heavy atom. The average molecular weight is 782 g/mol. The molecule has 0 saturated heterocycles. The van der Waals surface area contributed by atoms with Gasteiger partial charge in [0.2, 0.25) is 0 Å². The Labute approximate surface area is 354 Å². The zero-order chi connectivity index (χ0) is 39.8. The number of fused-ring (bicyclic) bond motifs is 4. The monoisotopic (exact) mass is 781 g/mol. The molecule has 11 rings (SSSR count). The summed E-state index contributed by atoms with van der Waals surface area (Å²) in [6.07, 6.45) is 0. The molecule has 0 saturated carbocycles. The van der Waals surface area contributed by atoms with Crippen molar-refractivity contribution in [2.75, 3.05) is 4.90 Å². The fourth-order valence-electron chi connectivity index (χ4n) is 8.94. The van der Waals surface area contributed by atoms with Crippen molar-refractivity contribution in [3.63, 3.8) is 0 Å². The van der Waals surface area contributed by atoms with Crippen molar-refractivity contribution in [2.24, 2.45) is 0 Å². The van der Waals surface area contributed by atoms with E-state index in [0.717, 1.165) is 11.4 Å². The van der Waals surface area contributed by atoms with Gasteiger partial charge in [-0.1, -0.05) is 200 Å². The van der Waals surface area contributed by atoms with E-state index in [9.17, 15) is 0 Å². The molecule has 1 heterocycles. The second-order valence-electron chi connectivity index (χ2n) is 15.2. The summed E-state index contributed by atoms with van der Waals surface area (Å²) < 4.78 is 2.56. The van der Waals surface area contributed by atoms with Gasteiger partial charge in [-0.15, -0.1) is 11.3 Å². The van der Waals surface area contributed by atoms with E-state index >= 15 is 0 Å². The lowest BCUT2D eigenvalue weighted by Gasteiger charge is -2.27. The summed E-state index contributed by atoms with van der Waals surface area (Å²) in [5, 5.41) is 5.06. The van der Waals surface area contributed by atoms with Crippen molar-refractivity contribution in [3.8, 4) is 55.6 Å². The maximum Gasteiger partial charge on any atom is 0.0640 e. The molecule has 1 aromatic heterocycles. The summed E-state index contributed by atoms with van der Waals surface area (Å²) in [7, 11) is 0. The standard InChI is InChI=1S/C58H39NS/c1-3-17-40(18-4-1)47-25-7-9-27-51(47)52-28-10-8-26-48(52)42-35-37-45(38-36-42)59(55-33-16-32-54-53-29-11-12-34-56(53)60-58(54)55)46-24-13-23-44(39-46)50-31-15-22-43-21-14-30-49(57(43)50)41-19-5-2-6-20-41/h1-39H. The molecule has 0 atom stereocenters. The van der Waals surface area contributed by atoms with Gasteiger partial charge in [-0.2, -0.15) is 0 Å². The van der Waals surface area contributed by atoms with E-state index in [2.05, 4.69) is 241 Å². The Hall–Kier alpha value is -7.52. The Morgan fingerprint density at radius 3 is 1.47 bits per heavy atom. The smallest absolute Gasteiger partial charge is 0.0640 e. The summed E-state index contributed by atoms with van der Waals surface area (Å²) in [6, 6.07) is 86.1. The Morgan fingerprint density at radius 2 is 0.783 bits per heavy atom. The first kappa shape index (κ1) is 35.6. The summed E-state index contributed by atoms with van der Waals surface area (Å²) >= 11 is 1.87. The van der Waals surface area contributed by atoms with Gasteiger partial charge in [0.25, 0.3) is 0 Å². The van der Waals surface area contributed by atoms with Gasteiger partial charge in [0, 0.05) is 26.8 Å². The fourth-order valence-corrected chi connectivity index (χ4v) is 10.1. The Bertz CT molecular complexity index is 3300. The molecule has 0 aliphatic carbocycles. The lowest BCUT2D eigenvalue weighted by atomic mass is 9.89. The number of anilines is 3. The fraction of sp³-hybridized carbons (Fsp3) is 0. The van der Waals surface area contributed by atoms with Crippen LogP contribution in [0, 0.1) is 0 Å². The van der Waals surface area contributed by atoms with Gasteiger partial charge in [-0.3, -0.25) is 0 Å². The van der Waals surface area contributed by atoms with Crippen LogP contribution in [0.4, 0.5) is 17.1 Å². The van der Waals surface area contributed by atoms with Gasteiger partial charge >= 0.3 is 0 Å². The van der Waals surface area contributed by atoms with Crippen LogP contribution in [0.2, 0.25) is 0 Å². The normalized spacial score (nSPS) is 11.3. The molecule has 11 aromatic rings. The van der Waals surface area contributed by atoms with Crippen LogP contribution in [0.3, 0.4) is 0 Å². The van der Waals surface area contributed by atoms with Crippen LogP contribution in [0.5, 0.6) is 0 Å². The molecule has 0 N–H and O–H groups in total. The van der Waals surface area contributed by atoms with Crippen LogP contribution >= 0.6 is 11.3 Å². The molecule has 0 aliphatic heterocycles. The number of rotatable bonds is 8. The van der Waals surface area contributed by atoms with Crippen molar-refractivity contribution >= 4 is 59.3 Å². The third-order valence-corrected chi connectivity index (χ3v) is 12.9. The highest BCUT2D eigenvalue weighted by Crippen LogP contribution is 2.47. The quantitative estimate of drug-likeness (QED) is 0.148. The predicted octanol–water partition coefficient (Wildman–Crippen LogP) is 17.0. The minimum atomic E-state index is 1.10. The molecule has 0 fully saturated rings. The molecular weight excluding hydrogens is 743 g/mol. The molecule has 0 amide bonds. The number of nitrogens with zero attached hydrogens (tertiary/aromatic N) is 1. The van der Waals surface area contributed by atoms with Gasteiger partial charge in [-0.25, -0.2) is 0 Å². The molecule has 0 radical (unpaired) electrons. The molecule has 10 aromatic carbocycles. The van der Waals surface area contributed by atoms with Crippen LogP contribution < -0.4 is 4.90 Å². The summed E-state index contributed by atoms with van der Waals surface area (Å²) in [5.41, 5.74) is 15.5. The van der Waals surface area contributed by atoms with Crippen LogP contribution in [0.1, 0.15) is 0 Å². The van der Waals surface area contributed by atoms with Gasteiger partial charge in [0.15, 0.2) is 0 Å². The molecule has 60 heavy (non-hydrogen) atoms. The van der Waals surface area contributed by atoms with Gasteiger partial charge in [-0.05, 0) is 103 Å². The minimum Gasteiger partial charge on any atom is -0.309 e. The van der Waals surface area contributed by atoms with Gasteiger partial charge < -0.3 is 4.90 Å². The predicted molar refractivity (Wildman–Crippen MR) is 259 cm³/mol. The zero-order valence-corrected chi connectivity index (χ0v) is 33.7. The maximum absolute atomic E-state index is 2.45. The Kier molecular flexibility index (Phi) is 9.11. The first-order chi connectivity index (χ1) is 29.8. The number of benzene rings is 10. The SMILES string of the molecule is c1ccc(-c2ccccc2-c2ccccc2-c2ccc(N(c3cccc(-c4cccc5cccc(-c6ccccc6)c45)c3)c3cccc4c3sc3ccccc34)cc2)cc1. The second-order valence-corrected chi connectivity index (χ2v) is 16.3. The third-order valence-electron chi connectivity index (χ3n) is 11.7. The number of hydrogen-bond acceptors (Lipinski definition) is 2. The number of thiophene rings is 1. The van der Waals surface area contributed by atoms with Crippen molar-refractivity contribution in [1.29, 1.82) is 0 Å². The second kappa shape index (κ2) is 15.3. The van der Waals surface area contributed by atoms with Crippen molar-refractivity contribution in [3.05, 3.63) is 237 Å². The molecule has 282 valence electrons. The number of hydrogen-bond donors (Lipinski definition) is 0. The van der Waals surface area contributed by atoms with E-state index < -0.39 is 0 Å². The van der Waals surface area contributed by atoms with Crippen molar-refractivity contribution in [1.82, 2.24) is 0 Å². The van der Waals surface area contributed by atoms with Crippen molar-refractivity contribution < 1.29 is 0 Å². The maximum atomic E-state index is 2.45. The van der Waals surface area contributed by atoms with Crippen LogP contribution in [-0.4, -0.2) is 0 Å². The van der Waals surface area contributed by atoms with E-state index in [4.69, 9.17) is 0 Å². The van der Waals surface area contributed by atoms with Crippen LogP contribution in [0.25, 0.3) is 86.6 Å². The average Bonchev–Trinajstić information content (AvgIpc) is 3.72. The van der Waals surface area contributed by atoms with Crippen LogP contribution in [0.15, 0.2) is 237 Å². The lowest BCUT2D eigenvalue weighted by Crippen LogP contribution is -2.10. The van der Waals surface area contributed by atoms with Crippen LogP contribution in [-0.2, 0) is 0 Å². The van der Waals surface area contributed by atoms with E-state index in [1.807, 2.05) is 11.3 Å². The minimum absolute atomic E-state index is 1.10. The van der Waals surface area contributed by atoms with Crippen molar-refractivity contribution in [2.45, 2.75) is 0 Å². The molecule has 1 nitrogen and oxygen atoms in total.